The number of primary amides is 1. The van der Waals surface area contributed by atoms with Gasteiger partial charge in [-0.25, -0.2) is 4.79 Å². The summed E-state index contributed by atoms with van der Waals surface area (Å²) in [6, 6.07) is -1.07. The first-order valence-electron chi connectivity index (χ1n) is 5.90. The highest BCUT2D eigenvalue weighted by molar-refractivity contribution is 5.90. The summed E-state index contributed by atoms with van der Waals surface area (Å²) >= 11 is 0. The topological polar surface area (TPSA) is 75.9 Å². The lowest BCUT2D eigenvalue weighted by molar-refractivity contribution is -0.124. The van der Waals surface area contributed by atoms with E-state index in [4.69, 9.17) is 10.6 Å². The molecule has 0 unspecified atom stereocenters. The maximum atomic E-state index is 12.1. The maximum Gasteiger partial charge on any atom is 0.349 e. The molecule has 6 nitrogen and oxygen atoms in total. The van der Waals surface area contributed by atoms with Gasteiger partial charge in [0.2, 0.25) is 5.91 Å². The molecule has 0 aromatic rings. The number of hydrogen-bond acceptors (Lipinski definition) is 3. The van der Waals surface area contributed by atoms with E-state index < -0.39 is 11.9 Å². The highest BCUT2D eigenvalue weighted by Gasteiger charge is 2.36. The van der Waals surface area contributed by atoms with E-state index in [-0.39, 0.29) is 12.6 Å². The lowest BCUT2D eigenvalue weighted by atomic mass is 10.0. The van der Waals surface area contributed by atoms with Gasteiger partial charge in [0.15, 0.2) is 0 Å². The van der Waals surface area contributed by atoms with Crippen molar-refractivity contribution in [3.05, 3.63) is 24.4 Å². The van der Waals surface area contributed by atoms with Crippen LogP contribution in [0.25, 0.3) is 0 Å². The minimum atomic E-state index is -0.684. The molecule has 1 atom stereocenters. The molecule has 2 N–H and O–H groups in total. The number of hydroxylamine groups is 2. The lowest BCUT2D eigenvalue weighted by Crippen LogP contribution is -2.55. The molecule has 6 heteroatoms. The molecule has 0 saturated carbocycles. The lowest BCUT2D eigenvalue weighted by Gasteiger charge is -2.37. The molecule has 0 spiro atoms. The van der Waals surface area contributed by atoms with Gasteiger partial charge in [-0.2, -0.15) is 5.06 Å². The molecule has 0 aromatic heterocycles. The molecule has 0 radical (unpaired) electrons. The van der Waals surface area contributed by atoms with E-state index in [9.17, 15) is 9.59 Å². The quantitative estimate of drug-likeness (QED) is 0.718. The molecule has 3 amide bonds. The largest absolute Gasteiger partial charge is 0.368 e. The normalized spacial score (nSPS) is 19.8. The van der Waals surface area contributed by atoms with Crippen molar-refractivity contribution in [1.29, 1.82) is 0 Å². The highest BCUT2D eigenvalue weighted by Crippen LogP contribution is 2.22. The number of likely N-dealkylation sites (N-methyl/N-ethyl adjacent to an activating group) is 1. The number of nitrogens with zero attached hydrogens (tertiary/aromatic N) is 2. The minimum Gasteiger partial charge on any atom is -0.368 e. The van der Waals surface area contributed by atoms with Crippen molar-refractivity contribution in [1.82, 2.24) is 9.96 Å². The molecule has 18 heavy (non-hydrogen) atoms. The average Bonchev–Trinajstić information content (AvgIpc) is 2.36. The first kappa shape index (κ1) is 14.2. The standard InChI is InChI=1S/C12H19N3O3/c1-4-7-18-15-8-9(5-2)10(11(13)16)14(6-3)12(15)17/h4,8,10H,1,5-7H2,2-3H3,(H2,13,16)/t10-/m0/s1. The van der Waals surface area contributed by atoms with Gasteiger partial charge < -0.3 is 10.6 Å². The number of amides is 3. The van der Waals surface area contributed by atoms with Crippen LogP contribution in [0.5, 0.6) is 0 Å². The first-order chi connectivity index (χ1) is 8.56. The molecule has 1 aliphatic rings. The van der Waals surface area contributed by atoms with Gasteiger partial charge in [0.1, 0.15) is 6.04 Å². The van der Waals surface area contributed by atoms with Crippen molar-refractivity contribution in [3.63, 3.8) is 0 Å². The molecule has 1 heterocycles. The summed E-state index contributed by atoms with van der Waals surface area (Å²) in [5.41, 5.74) is 6.12. The Kier molecular flexibility index (Phi) is 4.91. The maximum absolute atomic E-state index is 12.1. The Morgan fingerprint density at radius 3 is 2.72 bits per heavy atom. The molecular weight excluding hydrogens is 234 g/mol. The zero-order chi connectivity index (χ0) is 13.7. The van der Waals surface area contributed by atoms with Crippen LogP contribution in [0.3, 0.4) is 0 Å². The summed E-state index contributed by atoms with van der Waals surface area (Å²) in [5, 5.41) is 1.13. The number of hydrogen-bond donors (Lipinski definition) is 1. The molecule has 0 aromatic carbocycles. The third kappa shape index (κ3) is 2.70. The van der Waals surface area contributed by atoms with E-state index in [1.807, 2.05) is 6.92 Å². The van der Waals surface area contributed by atoms with Crippen molar-refractivity contribution >= 4 is 11.9 Å². The summed E-state index contributed by atoms with van der Waals surface area (Å²) in [5.74, 6) is -0.526. The second-order valence-corrected chi connectivity index (χ2v) is 3.84. The third-order valence-electron chi connectivity index (χ3n) is 2.73. The van der Waals surface area contributed by atoms with Crippen molar-refractivity contribution in [2.75, 3.05) is 13.2 Å². The minimum absolute atomic E-state index is 0.220. The van der Waals surface area contributed by atoms with E-state index in [0.29, 0.717) is 13.0 Å². The fourth-order valence-electron chi connectivity index (χ4n) is 1.88. The van der Waals surface area contributed by atoms with Crippen LogP contribution in [0.1, 0.15) is 20.3 Å². The van der Waals surface area contributed by atoms with Gasteiger partial charge in [0.25, 0.3) is 0 Å². The van der Waals surface area contributed by atoms with E-state index in [1.165, 1.54) is 11.1 Å². The summed E-state index contributed by atoms with van der Waals surface area (Å²) < 4.78 is 0. The van der Waals surface area contributed by atoms with Gasteiger partial charge in [-0.3, -0.25) is 9.63 Å². The fraction of sp³-hybridized carbons (Fsp3) is 0.500. The van der Waals surface area contributed by atoms with Gasteiger partial charge >= 0.3 is 6.03 Å². The van der Waals surface area contributed by atoms with E-state index in [1.54, 1.807) is 13.0 Å². The van der Waals surface area contributed by atoms with Gasteiger partial charge in [0, 0.05) is 12.7 Å². The highest BCUT2D eigenvalue weighted by atomic mass is 16.7. The second kappa shape index (κ2) is 6.20. The zero-order valence-electron chi connectivity index (χ0n) is 10.8. The molecule has 0 saturated heterocycles. The number of urea groups is 1. The molecule has 0 aliphatic carbocycles. The molecule has 1 aliphatic heterocycles. The molecule has 0 fully saturated rings. The van der Waals surface area contributed by atoms with Crippen molar-refractivity contribution < 1.29 is 14.4 Å². The van der Waals surface area contributed by atoms with Crippen LogP contribution >= 0.6 is 0 Å². The molecule has 1 rings (SSSR count). The summed E-state index contributed by atoms with van der Waals surface area (Å²) in [7, 11) is 0. The fourth-order valence-corrected chi connectivity index (χ4v) is 1.88. The molecule has 0 bridgehead atoms. The second-order valence-electron chi connectivity index (χ2n) is 3.84. The van der Waals surface area contributed by atoms with E-state index >= 15 is 0 Å². The van der Waals surface area contributed by atoms with E-state index in [0.717, 1.165) is 10.6 Å². The Labute approximate surface area is 107 Å². The number of rotatable bonds is 6. The Morgan fingerprint density at radius 1 is 1.61 bits per heavy atom. The number of carbonyl (C=O) groups excluding carboxylic acids is 2. The summed E-state index contributed by atoms with van der Waals surface area (Å²) in [6.07, 6.45) is 3.70. The smallest absolute Gasteiger partial charge is 0.349 e. The van der Waals surface area contributed by atoms with Crippen LogP contribution in [0.4, 0.5) is 4.79 Å². The molecular formula is C12H19N3O3. The van der Waals surface area contributed by atoms with Crippen LogP contribution in [0, 0.1) is 0 Å². The Hall–Kier alpha value is -1.82. The van der Waals surface area contributed by atoms with Gasteiger partial charge in [-0.15, -0.1) is 6.58 Å². The SMILES string of the molecule is C=CCON1C=C(CC)[C@@H](C(N)=O)N(CC)C1=O. The predicted molar refractivity (Wildman–Crippen MR) is 67.1 cm³/mol. The summed E-state index contributed by atoms with van der Waals surface area (Å²) in [4.78, 5) is 30.2. The predicted octanol–water partition coefficient (Wildman–Crippen LogP) is 1.01. The van der Waals surface area contributed by atoms with Gasteiger partial charge in [-0.05, 0) is 18.9 Å². The van der Waals surface area contributed by atoms with Crippen molar-refractivity contribution in [2.45, 2.75) is 26.3 Å². The monoisotopic (exact) mass is 253 g/mol. The zero-order valence-corrected chi connectivity index (χ0v) is 10.8. The van der Waals surface area contributed by atoms with Crippen molar-refractivity contribution in [3.8, 4) is 0 Å². The molecule has 100 valence electrons. The number of carbonyl (C=O) groups is 2. The van der Waals surface area contributed by atoms with Gasteiger partial charge in [0.05, 0.1) is 6.61 Å². The van der Waals surface area contributed by atoms with E-state index in [2.05, 4.69) is 6.58 Å². The average molecular weight is 253 g/mol. The van der Waals surface area contributed by atoms with Crippen LogP contribution in [-0.4, -0.2) is 41.1 Å². The Bertz CT molecular complexity index is 379. The summed E-state index contributed by atoms with van der Waals surface area (Å²) in [6.45, 7) is 7.82. The van der Waals surface area contributed by atoms with Crippen LogP contribution < -0.4 is 5.73 Å². The van der Waals surface area contributed by atoms with Crippen LogP contribution in [0.15, 0.2) is 24.4 Å². The Morgan fingerprint density at radius 2 is 2.28 bits per heavy atom. The van der Waals surface area contributed by atoms with Crippen LogP contribution in [-0.2, 0) is 9.63 Å². The number of nitrogens with two attached hydrogens (primary N) is 1. The Balaban J connectivity index is 3.06. The first-order valence-corrected chi connectivity index (χ1v) is 5.90. The van der Waals surface area contributed by atoms with Crippen molar-refractivity contribution in [2.24, 2.45) is 5.73 Å². The van der Waals surface area contributed by atoms with Crippen LogP contribution in [0.2, 0.25) is 0 Å². The van der Waals surface area contributed by atoms with Gasteiger partial charge in [-0.1, -0.05) is 13.0 Å². The third-order valence-corrected chi connectivity index (χ3v) is 2.73.